The molecule has 0 spiro atoms. The maximum Gasteiger partial charge on any atom is 0.270 e. The first-order valence-corrected chi connectivity index (χ1v) is 12.6. The Morgan fingerprint density at radius 2 is 1.82 bits per heavy atom. The van der Waals surface area contributed by atoms with E-state index in [0.717, 1.165) is 36.5 Å². The molecule has 0 bridgehead atoms. The number of carbonyl (C=O) groups excluding carboxylic acids is 1. The number of thiocarbonyl (C=S) groups is 1. The lowest BCUT2D eigenvalue weighted by atomic mass is 9.91. The quantitative estimate of drug-likeness (QED) is 0.464. The Morgan fingerprint density at radius 1 is 1.18 bits per heavy atom. The van der Waals surface area contributed by atoms with Gasteiger partial charge in [0.25, 0.3) is 11.5 Å². The smallest absolute Gasteiger partial charge is 0.270 e. The highest BCUT2D eigenvalue weighted by Gasteiger charge is 2.34. The summed E-state index contributed by atoms with van der Waals surface area (Å²) in [5, 5.41) is 9.70. The molecule has 6 nitrogen and oxygen atoms in total. The maximum absolute atomic E-state index is 13.3. The zero-order valence-corrected chi connectivity index (χ0v) is 21.5. The fourth-order valence-corrected chi connectivity index (χ4v) is 6.20. The molecule has 1 amide bonds. The second kappa shape index (κ2) is 9.77. The molecule has 4 rings (SSSR count). The van der Waals surface area contributed by atoms with Gasteiger partial charge in [-0.15, -0.1) is 0 Å². The summed E-state index contributed by atoms with van der Waals surface area (Å²) in [6, 6.07) is 11.8. The number of rotatable bonds is 4. The molecule has 2 fully saturated rings. The van der Waals surface area contributed by atoms with Crippen molar-refractivity contribution >= 4 is 46.1 Å². The van der Waals surface area contributed by atoms with Crippen LogP contribution < -0.4 is 10.5 Å². The number of anilines is 1. The molecule has 34 heavy (non-hydrogen) atoms. The van der Waals surface area contributed by atoms with Crippen molar-refractivity contribution in [2.24, 2.45) is 18.9 Å². The number of amides is 1. The number of hydrogen-bond acceptors (Lipinski definition) is 6. The molecule has 176 valence electrons. The van der Waals surface area contributed by atoms with Crippen molar-refractivity contribution in [1.29, 1.82) is 5.26 Å². The van der Waals surface area contributed by atoms with Crippen molar-refractivity contribution in [1.82, 2.24) is 9.47 Å². The summed E-state index contributed by atoms with van der Waals surface area (Å²) in [6.45, 7) is 8.26. The second-order valence-corrected chi connectivity index (χ2v) is 11.0. The predicted octanol–water partition coefficient (Wildman–Crippen LogP) is 4.45. The highest BCUT2D eigenvalue weighted by atomic mass is 32.2. The molecule has 2 atom stereocenters. The normalized spacial score (nSPS) is 21.9. The van der Waals surface area contributed by atoms with Crippen LogP contribution in [0.3, 0.4) is 0 Å². The molecule has 0 radical (unpaired) electrons. The molecule has 0 aliphatic carbocycles. The van der Waals surface area contributed by atoms with Gasteiger partial charge in [-0.3, -0.25) is 19.1 Å². The highest BCUT2D eigenvalue weighted by Crippen LogP contribution is 2.37. The molecule has 2 unspecified atom stereocenters. The summed E-state index contributed by atoms with van der Waals surface area (Å²) in [5.41, 5.74) is 2.13. The van der Waals surface area contributed by atoms with Crippen LogP contribution in [0.4, 0.5) is 5.82 Å². The Hall–Kier alpha value is -2.89. The van der Waals surface area contributed by atoms with Crippen LogP contribution in [0, 0.1) is 30.1 Å². The standard InChI is InChI=1S/C26H28N4O2S2/c1-16-10-17(2)14-29(13-16)23-20(18(3)21(12-27)24(31)28(23)4)11-22-25(32)30(26(33)34-22)15-19-8-6-5-7-9-19/h5-9,11,16-17H,10,13-15H2,1-4H3/b22-11+. The van der Waals surface area contributed by atoms with Gasteiger partial charge in [-0.1, -0.05) is 68.2 Å². The maximum atomic E-state index is 13.3. The number of carbonyl (C=O) groups is 1. The van der Waals surface area contributed by atoms with Crippen LogP contribution in [0.1, 0.15) is 42.5 Å². The molecule has 2 aromatic rings. The van der Waals surface area contributed by atoms with Gasteiger partial charge in [0, 0.05) is 25.7 Å². The molecule has 1 aromatic carbocycles. The van der Waals surface area contributed by atoms with Crippen molar-refractivity contribution in [3.63, 3.8) is 0 Å². The summed E-state index contributed by atoms with van der Waals surface area (Å²) in [6.07, 6.45) is 2.95. The third-order valence-corrected chi connectivity index (χ3v) is 7.85. The summed E-state index contributed by atoms with van der Waals surface area (Å²) < 4.78 is 2.07. The van der Waals surface area contributed by atoms with E-state index in [1.807, 2.05) is 36.4 Å². The van der Waals surface area contributed by atoms with E-state index in [4.69, 9.17) is 12.2 Å². The Morgan fingerprint density at radius 3 is 2.44 bits per heavy atom. The van der Waals surface area contributed by atoms with Gasteiger partial charge in [0.15, 0.2) is 0 Å². The molecule has 3 heterocycles. The number of pyridine rings is 1. The first kappa shape index (κ1) is 24.2. The van der Waals surface area contributed by atoms with E-state index in [2.05, 4.69) is 24.8 Å². The van der Waals surface area contributed by atoms with E-state index < -0.39 is 0 Å². The molecule has 2 aliphatic heterocycles. The predicted molar refractivity (Wildman–Crippen MR) is 141 cm³/mol. The fourth-order valence-electron chi connectivity index (χ4n) is 4.96. The first-order valence-electron chi connectivity index (χ1n) is 11.4. The lowest BCUT2D eigenvalue weighted by molar-refractivity contribution is -0.122. The van der Waals surface area contributed by atoms with Crippen molar-refractivity contribution < 1.29 is 4.79 Å². The van der Waals surface area contributed by atoms with Crippen LogP contribution in [0.15, 0.2) is 40.0 Å². The van der Waals surface area contributed by atoms with Crippen molar-refractivity contribution in [2.45, 2.75) is 33.7 Å². The molecule has 8 heteroatoms. The minimum atomic E-state index is -0.311. The molecular weight excluding hydrogens is 464 g/mol. The van der Waals surface area contributed by atoms with Crippen molar-refractivity contribution in [2.75, 3.05) is 18.0 Å². The Balaban J connectivity index is 1.80. The van der Waals surface area contributed by atoms with Crippen LogP contribution in [-0.4, -0.2) is 32.8 Å². The fraction of sp³-hybridized carbons (Fsp3) is 0.385. The van der Waals surface area contributed by atoms with Crippen LogP contribution in [0.5, 0.6) is 0 Å². The number of benzene rings is 1. The number of piperidine rings is 1. The van der Waals surface area contributed by atoms with E-state index in [1.165, 1.54) is 11.8 Å². The van der Waals surface area contributed by atoms with E-state index in [1.54, 1.807) is 23.4 Å². The van der Waals surface area contributed by atoms with E-state index >= 15 is 0 Å². The van der Waals surface area contributed by atoms with Crippen LogP contribution in [0.2, 0.25) is 0 Å². The average Bonchev–Trinajstić information content (AvgIpc) is 3.05. The van der Waals surface area contributed by atoms with Gasteiger partial charge in [-0.05, 0) is 42.4 Å². The zero-order chi connectivity index (χ0) is 24.6. The van der Waals surface area contributed by atoms with Crippen LogP contribution in [-0.2, 0) is 18.4 Å². The van der Waals surface area contributed by atoms with Gasteiger partial charge in [0.05, 0.1) is 11.4 Å². The topological polar surface area (TPSA) is 69.3 Å². The average molecular weight is 493 g/mol. The largest absolute Gasteiger partial charge is 0.357 e. The third kappa shape index (κ3) is 4.55. The Kier molecular flexibility index (Phi) is 6.96. The lowest BCUT2D eigenvalue weighted by Crippen LogP contribution is -2.42. The molecule has 2 saturated heterocycles. The molecule has 1 aromatic heterocycles. The summed E-state index contributed by atoms with van der Waals surface area (Å²) >= 11 is 6.80. The molecule has 0 saturated carbocycles. The lowest BCUT2D eigenvalue weighted by Gasteiger charge is -2.38. The van der Waals surface area contributed by atoms with E-state index in [9.17, 15) is 14.9 Å². The summed E-state index contributed by atoms with van der Waals surface area (Å²) in [4.78, 5) is 30.7. The molecule has 0 N–H and O–H groups in total. The van der Waals surface area contributed by atoms with Gasteiger partial charge < -0.3 is 4.90 Å². The van der Waals surface area contributed by atoms with Crippen LogP contribution >= 0.6 is 24.0 Å². The van der Waals surface area contributed by atoms with Crippen molar-refractivity contribution in [3.8, 4) is 6.07 Å². The Labute approximate surface area is 209 Å². The number of nitriles is 1. The van der Waals surface area contributed by atoms with Gasteiger partial charge >= 0.3 is 0 Å². The minimum absolute atomic E-state index is 0.107. The number of hydrogen-bond donors (Lipinski definition) is 0. The van der Waals surface area contributed by atoms with Crippen molar-refractivity contribution in [3.05, 3.63) is 67.8 Å². The number of aromatic nitrogens is 1. The summed E-state index contributed by atoms with van der Waals surface area (Å²) in [5.74, 6) is 1.56. The summed E-state index contributed by atoms with van der Waals surface area (Å²) in [7, 11) is 1.71. The third-order valence-electron chi connectivity index (χ3n) is 6.47. The first-order chi connectivity index (χ1) is 16.2. The molecular formula is C26H28N4O2S2. The van der Waals surface area contributed by atoms with Crippen LogP contribution in [0.25, 0.3) is 6.08 Å². The second-order valence-electron chi connectivity index (χ2n) is 9.32. The SMILES string of the molecule is Cc1c(/C=C2/SC(=S)N(Cc3ccccc3)C2=O)c(N2CC(C)CC(C)C2)n(C)c(=O)c1C#N. The van der Waals surface area contributed by atoms with Gasteiger partial charge in [-0.25, -0.2) is 0 Å². The minimum Gasteiger partial charge on any atom is -0.357 e. The number of nitrogens with zero attached hydrogens (tertiary/aromatic N) is 4. The van der Waals surface area contributed by atoms with E-state index in [-0.39, 0.29) is 17.0 Å². The van der Waals surface area contributed by atoms with Gasteiger partial charge in [0.1, 0.15) is 21.8 Å². The van der Waals surface area contributed by atoms with Gasteiger partial charge in [-0.2, -0.15) is 5.26 Å². The monoisotopic (exact) mass is 492 g/mol. The number of thioether (sulfide) groups is 1. The molecule has 2 aliphatic rings. The van der Waals surface area contributed by atoms with E-state index in [0.29, 0.717) is 33.2 Å². The van der Waals surface area contributed by atoms with Gasteiger partial charge in [0.2, 0.25) is 0 Å². The zero-order valence-electron chi connectivity index (χ0n) is 19.9. The highest BCUT2D eigenvalue weighted by molar-refractivity contribution is 8.26. The Bertz CT molecular complexity index is 1270.